The minimum absolute atomic E-state index is 0.463. The number of aliphatic imine (C=N–C) groups is 1. The van der Waals surface area contributed by atoms with Crippen molar-refractivity contribution in [1.29, 1.82) is 0 Å². The SMILES string of the molecule is Clc1ccc(COc2ccc3ccccc3c2C=Nc2ccc(N3CCOCC3)cc2)cc1. The highest BCUT2D eigenvalue weighted by Gasteiger charge is 2.11. The molecule has 5 rings (SSSR count). The molecule has 0 spiro atoms. The molecule has 0 N–H and O–H groups in total. The molecule has 1 aliphatic heterocycles. The molecule has 0 amide bonds. The summed E-state index contributed by atoms with van der Waals surface area (Å²) in [5.41, 5.74) is 4.14. The third-order valence-corrected chi connectivity index (χ3v) is 6.06. The highest BCUT2D eigenvalue weighted by Crippen LogP contribution is 2.29. The summed E-state index contributed by atoms with van der Waals surface area (Å²) in [7, 11) is 0. The molecule has 5 heteroatoms. The summed E-state index contributed by atoms with van der Waals surface area (Å²) < 4.78 is 11.7. The Balaban J connectivity index is 1.40. The Kier molecular flexibility index (Phi) is 6.56. The number of hydrogen-bond donors (Lipinski definition) is 0. The Bertz CT molecular complexity index is 1250. The van der Waals surface area contributed by atoms with Gasteiger partial charge in [0.25, 0.3) is 0 Å². The quantitative estimate of drug-likeness (QED) is 0.304. The average molecular weight is 457 g/mol. The van der Waals surface area contributed by atoms with Crippen LogP contribution < -0.4 is 9.64 Å². The number of anilines is 1. The van der Waals surface area contributed by atoms with E-state index >= 15 is 0 Å². The van der Waals surface area contributed by atoms with Gasteiger partial charge >= 0.3 is 0 Å². The molecule has 0 aliphatic carbocycles. The van der Waals surface area contributed by atoms with E-state index in [9.17, 15) is 0 Å². The second kappa shape index (κ2) is 10.1. The fourth-order valence-electron chi connectivity index (χ4n) is 3.99. The van der Waals surface area contributed by atoms with Crippen molar-refractivity contribution < 1.29 is 9.47 Å². The number of fused-ring (bicyclic) bond motifs is 1. The van der Waals surface area contributed by atoms with E-state index in [0.717, 1.165) is 64.7 Å². The molecule has 0 atom stereocenters. The number of rotatable bonds is 6. The lowest BCUT2D eigenvalue weighted by molar-refractivity contribution is 0.122. The number of nitrogens with zero attached hydrogens (tertiary/aromatic N) is 2. The Morgan fingerprint density at radius 1 is 0.879 bits per heavy atom. The van der Waals surface area contributed by atoms with Gasteiger partial charge in [-0.15, -0.1) is 0 Å². The lowest BCUT2D eigenvalue weighted by Gasteiger charge is -2.28. The Labute approximate surface area is 199 Å². The van der Waals surface area contributed by atoms with Gasteiger partial charge in [0.1, 0.15) is 12.4 Å². The molecule has 33 heavy (non-hydrogen) atoms. The van der Waals surface area contributed by atoms with E-state index in [1.165, 1.54) is 5.69 Å². The first-order chi connectivity index (χ1) is 16.3. The van der Waals surface area contributed by atoms with Crippen LogP contribution in [0.15, 0.2) is 89.9 Å². The van der Waals surface area contributed by atoms with E-state index in [0.29, 0.717) is 6.61 Å². The number of ether oxygens (including phenoxy) is 2. The summed E-state index contributed by atoms with van der Waals surface area (Å²) in [4.78, 5) is 7.11. The van der Waals surface area contributed by atoms with Crippen molar-refractivity contribution in [2.75, 3.05) is 31.2 Å². The second-order valence-electron chi connectivity index (χ2n) is 7.99. The fourth-order valence-corrected chi connectivity index (χ4v) is 4.11. The molecule has 1 aliphatic rings. The van der Waals surface area contributed by atoms with E-state index in [-0.39, 0.29) is 0 Å². The van der Waals surface area contributed by atoms with E-state index < -0.39 is 0 Å². The van der Waals surface area contributed by atoms with Crippen molar-refractivity contribution in [3.05, 3.63) is 101 Å². The van der Waals surface area contributed by atoms with Crippen molar-refractivity contribution in [3.8, 4) is 5.75 Å². The molecule has 0 radical (unpaired) electrons. The predicted octanol–water partition coefficient (Wildman–Crippen LogP) is 6.66. The topological polar surface area (TPSA) is 34.1 Å². The van der Waals surface area contributed by atoms with Gasteiger partial charge in [0.05, 0.1) is 18.9 Å². The van der Waals surface area contributed by atoms with Crippen LogP contribution in [0.5, 0.6) is 5.75 Å². The molecular formula is C28H25ClN2O2. The Hall–Kier alpha value is -3.34. The molecule has 0 aromatic heterocycles. The minimum atomic E-state index is 0.463. The molecule has 0 unspecified atom stereocenters. The monoisotopic (exact) mass is 456 g/mol. The summed E-state index contributed by atoms with van der Waals surface area (Å²) in [6.07, 6.45) is 1.91. The fraction of sp³-hybridized carbons (Fsp3) is 0.179. The third kappa shape index (κ3) is 5.19. The van der Waals surface area contributed by atoms with E-state index in [1.807, 2.05) is 48.7 Å². The van der Waals surface area contributed by atoms with Gasteiger partial charge in [-0.1, -0.05) is 54.1 Å². The molecule has 1 saturated heterocycles. The van der Waals surface area contributed by atoms with Gasteiger partial charge in [0.2, 0.25) is 0 Å². The zero-order chi connectivity index (χ0) is 22.5. The van der Waals surface area contributed by atoms with Crippen molar-refractivity contribution in [2.24, 2.45) is 4.99 Å². The third-order valence-electron chi connectivity index (χ3n) is 5.81. The van der Waals surface area contributed by atoms with Crippen LogP contribution in [0, 0.1) is 0 Å². The maximum atomic E-state index is 6.21. The van der Waals surface area contributed by atoms with Gasteiger partial charge in [-0.05, 0) is 58.8 Å². The molecule has 0 bridgehead atoms. The van der Waals surface area contributed by atoms with Crippen LogP contribution >= 0.6 is 11.6 Å². The van der Waals surface area contributed by atoms with E-state index in [1.54, 1.807) is 0 Å². The molecule has 4 nitrogen and oxygen atoms in total. The van der Waals surface area contributed by atoms with Gasteiger partial charge in [-0.2, -0.15) is 0 Å². The summed E-state index contributed by atoms with van der Waals surface area (Å²) in [5.74, 6) is 0.803. The van der Waals surface area contributed by atoms with Crippen molar-refractivity contribution >= 4 is 40.0 Å². The molecule has 166 valence electrons. The predicted molar refractivity (Wildman–Crippen MR) is 136 cm³/mol. The molecule has 1 heterocycles. The molecule has 1 fully saturated rings. The maximum Gasteiger partial charge on any atom is 0.129 e. The first-order valence-electron chi connectivity index (χ1n) is 11.1. The summed E-state index contributed by atoms with van der Waals surface area (Å²) in [6, 6.07) is 28.5. The average Bonchev–Trinajstić information content (AvgIpc) is 2.88. The van der Waals surface area contributed by atoms with Gasteiger partial charge < -0.3 is 14.4 Å². The first kappa shape index (κ1) is 21.5. The van der Waals surface area contributed by atoms with Crippen LogP contribution in [0.25, 0.3) is 10.8 Å². The molecule has 4 aromatic carbocycles. The first-order valence-corrected chi connectivity index (χ1v) is 11.5. The molecule has 0 saturated carbocycles. The van der Waals surface area contributed by atoms with Crippen LogP contribution in [0.4, 0.5) is 11.4 Å². The number of halogens is 1. The van der Waals surface area contributed by atoms with Crippen LogP contribution in [0.2, 0.25) is 5.02 Å². The maximum absolute atomic E-state index is 6.21. The van der Waals surface area contributed by atoms with Gasteiger partial charge in [-0.3, -0.25) is 4.99 Å². The summed E-state index contributed by atoms with van der Waals surface area (Å²) in [6.45, 7) is 3.87. The normalized spacial score (nSPS) is 14.2. The van der Waals surface area contributed by atoms with Gasteiger partial charge in [-0.25, -0.2) is 0 Å². The highest BCUT2D eigenvalue weighted by molar-refractivity contribution is 6.30. The van der Waals surface area contributed by atoms with Gasteiger partial charge in [0, 0.05) is 35.6 Å². The lowest BCUT2D eigenvalue weighted by atomic mass is 10.0. The van der Waals surface area contributed by atoms with Crippen molar-refractivity contribution in [2.45, 2.75) is 6.61 Å². The summed E-state index contributed by atoms with van der Waals surface area (Å²) in [5, 5.41) is 2.98. The van der Waals surface area contributed by atoms with E-state index in [4.69, 9.17) is 26.1 Å². The van der Waals surface area contributed by atoms with Crippen LogP contribution in [-0.4, -0.2) is 32.5 Å². The Morgan fingerprint density at radius 2 is 1.64 bits per heavy atom. The number of benzene rings is 4. The minimum Gasteiger partial charge on any atom is -0.488 e. The van der Waals surface area contributed by atoms with Crippen molar-refractivity contribution in [3.63, 3.8) is 0 Å². The Morgan fingerprint density at radius 3 is 2.42 bits per heavy atom. The zero-order valence-corrected chi connectivity index (χ0v) is 19.0. The lowest BCUT2D eigenvalue weighted by Crippen LogP contribution is -2.36. The molecular weight excluding hydrogens is 432 g/mol. The molecule has 4 aromatic rings. The highest BCUT2D eigenvalue weighted by atomic mass is 35.5. The van der Waals surface area contributed by atoms with Crippen molar-refractivity contribution in [1.82, 2.24) is 0 Å². The van der Waals surface area contributed by atoms with Gasteiger partial charge in [0.15, 0.2) is 0 Å². The zero-order valence-electron chi connectivity index (χ0n) is 18.3. The summed E-state index contributed by atoms with van der Waals surface area (Å²) >= 11 is 6.01. The van der Waals surface area contributed by atoms with E-state index in [2.05, 4.69) is 47.4 Å². The van der Waals surface area contributed by atoms with Crippen LogP contribution in [0.3, 0.4) is 0 Å². The number of hydrogen-bond acceptors (Lipinski definition) is 4. The number of morpholine rings is 1. The second-order valence-corrected chi connectivity index (χ2v) is 8.42. The largest absolute Gasteiger partial charge is 0.488 e. The smallest absolute Gasteiger partial charge is 0.129 e. The van der Waals surface area contributed by atoms with Crippen LogP contribution in [-0.2, 0) is 11.3 Å². The van der Waals surface area contributed by atoms with Crippen LogP contribution in [0.1, 0.15) is 11.1 Å². The standard InChI is InChI=1S/C28H25ClN2O2/c29-23-8-5-21(6-9-23)20-33-28-14-7-22-3-1-2-4-26(22)27(28)19-30-24-10-12-25(13-11-24)31-15-17-32-18-16-31/h1-14,19H,15-18,20H2.